The minimum atomic E-state index is -0.0126. The Morgan fingerprint density at radius 1 is 1.33 bits per heavy atom. The largest absolute Gasteiger partial charge is 0.372 e. The zero-order valence-corrected chi connectivity index (χ0v) is 15.8. The molecular weight excluding hydrogens is 342 g/mol. The van der Waals surface area contributed by atoms with E-state index in [1.165, 1.54) is 0 Å². The summed E-state index contributed by atoms with van der Waals surface area (Å²) < 4.78 is 5.97. The molecule has 1 saturated heterocycles. The Labute approximate surface area is 159 Å². The average molecular weight is 367 g/mol. The summed E-state index contributed by atoms with van der Waals surface area (Å²) in [6.07, 6.45) is 12.3. The number of piperidine rings is 1. The van der Waals surface area contributed by atoms with Crippen LogP contribution in [0, 0.1) is 0 Å². The van der Waals surface area contributed by atoms with Gasteiger partial charge in [-0.25, -0.2) is 9.97 Å². The Balaban J connectivity index is 1.51. The Morgan fingerprint density at radius 2 is 2.15 bits per heavy atom. The number of anilines is 1. The summed E-state index contributed by atoms with van der Waals surface area (Å²) in [5, 5.41) is 0. The van der Waals surface area contributed by atoms with Gasteiger partial charge in [-0.1, -0.05) is 6.07 Å². The van der Waals surface area contributed by atoms with Crippen LogP contribution in [0.15, 0.2) is 43.0 Å². The summed E-state index contributed by atoms with van der Waals surface area (Å²) in [5.41, 5.74) is 1.84. The smallest absolute Gasteiger partial charge is 0.246 e. The Bertz CT molecular complexity index is 762. The van der Waals surface area contributed by atoms with E-state index in [2.05, 4.69) is 15.0 Å². The van der Waals surface area contributed by atoms with Gasteiger partial charge in [-0.2, -0.15) is 0 Å². The predicted molar refractivity (Wildman–Crippen MR) is 104 cm³/mol. The lowest BCUT2D eigenvalue weighted by Crippen LogP contribution is -2.42. The molecule has 1 aliphatic rings. The lowest BCUT2D eigenvalue weighted by atomic mass is 10.1. The normalized spacial score (nSPS) is 17.3. The van der Waals surface area contributed by atoms with Crippen LogP contribution in [0.3, 0.4) is 0 Å². The van der Waals surface area contributed by atoms with Gasteiger partial charge in [0.05, 0.1) is 12.7 Å². The summed E-state index contributed by atoms with van der Waals surface area (Å²) in [6, 6.07) is 3.89. The van der Waals surface area contributed by atoms with Crippen LogP contribution in [0.2, 0.25) is 0 Å². The number of carbonyl (C=O) groups excluding carboxylic acids is 1. The number of amides is 1. The number of hydrogen-bond donors (Lipinski definition) is 0. The third kappa shape index (κ3) is 5.59. The zero-order valence-electron chi connectivity index (χ0n) is 15.8. The molecule has 7 heteroatoms. The van der Waals surface area contributed by atoms with E-state index < -0.39 is 0 Å². The quantitative estimate of drug-likeness (QED) is 0.729. The molecule has 3 heterocycles. The summed E-state index contributed by atoms with van der Waals surface area (Å²) in [5.74, 6) is 0.629. The highest BCUT2D eigenvalue weighted by atomic mass is 16.5. The number of ether oxygens (including phenoxy) is 1. The van der Waals surface area contributed by atoms with Crippen molar-refractivity contribution in [2.45, 2.75) is 25.6 Å². The van der Waals surface area contributed by atoms with Gasteiger partial charge in [0.25, 0.3) is 0 Å². The molecule has 0 radical (unpaired) electrons. The lowest BCUT2D eigenvalue weighted by Gasteiger charge is -2.32. The molecule has 0 bridgehead atoms. The highest BCUT2D eigenvalue weighted by Crippen LogP contribution is 2.16. The van der Waals surface area contributed by atoms with Gasteiger partial charge < -0.3 is 14.5 Å². The second-order valence-corrected chi connectivity index (χ2v) is 6.76. The van der Waals surface area contributed by atoms with Crippen LogP contribution in [0.1, 0.15) is 24.0 Å². The van der Waals surface area contributed by atoms with Gasteiger partial charge in [-0.05, 0) is 30.5 Å². The number of pyridine rings is 1. The molecule has 0 saturated carbocycles. The van der Waals surface area contributed by atoms with E-state index in [0.29, 0.717) is 19.1 Å². The minimum Gasteiger partial charge on any atom is -0.372 e. The van der Waals surface area contributed by atoms with E-state index in [4.69, 9.17) is 4.74 Å². The fourth-order valence-electron chi connectivity index (χ4n) is 2.89. The topological polar surface area (TPSA) is 71.5 Å². The number of nitrogens with zero attached hydrogens (tertiary/aromatic N) is 5. The van der Waals surface area contributed by atoms with Crippen molar-refractivity contribution in [2.24, 2.45) is 0 Å². The van der Waals surface area contributed by atoms with Crippen molar-refractivity contribution in [2.75, 3.05) is 32.1 Å². The first kappa shape index (κ1) is 19.0. The van der Waals surface area contributed by atoms with Crippen molar-refractivity contribution in [3.05, 3.63) is 54.1 Å². The van der Waals surface area contributed by atoms with E-state index in [-0.39, 0.29) is 12.0 Å². The van der Waals surface area contributed by atoms with Crippen molar-refractivity contribution in [1.82, 2.24) is 19.9 Å². The molecule has 27 heavy (non-hydrogen) atoms. The summed E-state index contributed by atoms with van der Waals surface area (Å²) in [6.45, 7) is 1.89. The van der Waals surface area contributed by atoms with Gasteiger partial charge in [0.1, 0.15) is 0 Å². The van der Waals surface area contributed by atoms with Crippen molar-refractivity contribution in [3.63, 3.8) is 0 Å². The second-order valence-electron chi connectivity index (χ2n) is 6.76. The van der Waals surface area contributed by atoms with Gasteiger partial charge in [-0.3, -0.25) is 9.78 Å². The number of hydrogen-bond acceptors (Lipinski definition) is 6. The lowest BCUT2D eigenvalue weighted by molar-refractivity contribution is -0.130. The third-order valence-electron chi connectivity index (χ3n) is 4.37. The molecule has 1 aliphatic heterocycles. The monoisotopic (exact) mass is 367 g/mol. The third-order valence-corrected chi connectivity index (χ3v) is 4.37. The molecule has 1 amide bonds. The van der Waals surface area contributed by atoms with E-state index in [9.17, 15) is 4.79 Å². The molecular formula is C20H25N5O2. The molecule has 142 valence electrons. The average Bonchev–Trinajstić information content (AvgIpc) is 2.72. The number of aromatic nitrogens is 3. The molecule has 1 fully saturated rings. The van der Waals surface area contributed by atoms with Gasteiger partial charge in [-0.15, -0.1) is 0 Å². The highest BCUT2D eigenvalue weighted by molar-refractivity contribution is 5.91. The van der Waals surface area contributed by atoms with E-state index in [1.54, 1.807) is 36.9 Å². The molecule has 1 unspecified atom stereocenters. The molecule has 1 atom stereocenters. The van der Waals surface area contributed by atoms with E-state index >= 15 is 0 Å². The number of rotatable bonds is 6. The predicted octanol–water partition coefficient (Wildman–Crippen LogP) is 2.16. The fraction of sp³-hybridized carbons (Fsp3) is 0.400. The van der Waals surface area contributed by atoms with Crippen LogP contribution >= 0.6 is 0 Å². The maximum Gasteiger partial charge on any atom is 0.246 e. The molecule has 0 N–H and O–H groups in total. The Kier molecular flexibility index (Phi) is 6.49. The highest BCUT2D eigenvalue weighted by Gasteiger charge is 2.22. The standard InChI is InChI=1S/C20H25N5O2/c1-24(2)20-22-12-16(13-23-20)7-8-19(26)25-10-4-6-18(14-25)27-15-17-5-3-9-21-11-17/h3,5,7-9,11-13,18H,4,6,10,14-15H2,1-2H3/b8-7+. The van der Waals surface area contributed by atoms with Crippen LogP contribution in [0.5, 0.6) is 0 Å². The Hall–Kier alpha value is -2.80. The number of likely N-dealkylation sites (tertiary alicyclic amines) is 1. The minimum absolute atomic E-state index is 0.0126. The zero-order chi connectivity index (χ0) is 19.1. The maximum absolute atomic E-state index is 12.5. The van der Waals surface area contributed by atoms with Crippen molar-refractivity contribution in [3.8, 4) is 0 Å². The van der Waals surface area contributed by atoms with E-state index in [1.807, 2.05) is 36.0 Å². The first-order valence-electron chi connectivity index (χ1n) is 9.08. The van der Waals surface area contributed by atoms with Gasteiger partial charge in [0.2, 0.25) is 11.9 Å². The van der Waals surface area contributed by atoms with Gasteiger partial charge >= 0.3 is 0 Å². The van der Waals surface area contributed by atoms with Crippen LogP contribution in [-0.4, -0.2) is 59.0 Å². The second kappa shape index (κ2) is 9.23. The van der Waals surface area contributed by atoms with Crippen LogP contribution in [0.25, 0.3) is 6.08 Å². The SMILES string of the molecule is CN(C)c1ncc(/C=C/C(=O)N2CCCC(OCc3cccnc3)C2)cn1. The molecule has 0 aromatic carbocycles. The van der Waals surface area contributed by atoms with Crippen molar-refractivity contribution < 1.29 is 9.53 Å². The summed E-state index contributed by atoms with van der Waals surface area (Å²) >= 11 is 0. The van der Waals surface area contributed by atoms with Gasteiger partial charge in [0.15, 0.2) is 0 Å². The fourth-order valence-corrected chi connectivity index (χ4v) is 2.89. The van der Waals surface area contributed by atoms with Crippen LogP contribution in [-0.2, 0) is 16.1 Å². The summed E-state index contributed by atoms with van der Waals surface area (Å²) in [7, 11) is 3.77. The van der Waals surface area contributed by atoms with Crippen LogP contribution < -0.4 is 4.90 Å². The van der Waals surface area contributed by atoms with Gasteiger partial charge in [0, 0.05) is 63.6 Å². The van der Waals surface area contributed by atoms with Crippen molar-refractivity contribution >= 4 is 17.9 Å². The molecule has 7 nitrogen and oxygen atoms in total. The number of carbonyl (C=O) groups is 1. The first-order valence-corrected chi connectivity index (χ1v) is 9.08. The van der Waals surface area contributed by atoms with E-state index in [0.717, 1.165) is 30.5 Å². The summed E-state index contributed by atoms with van der Waals surface area (Å²) in [4.78, 5) is 28.7. The first-order chi connectivity index (χ1) is 13.1. The Morgan fingerprint density at radius 3 is 2.85 bits per heavy atom. The molecule has 3 rings (SSSR count). The van der Waals surface area contributed by atoms with Crippen molar-refractivity contribution in [1.29, 1.82) is 0 Å². The molecule has 0 aliphatic carbocycles. The molecule has 0 spiro atoms. The maximum atomic E-state index is 12.5. The molecule has 2 aromatic heterocycles. The van der Waals surface area contributed by atoms with Crippen LogP contribution in [0.4, 0.5) is 5.95 Å². The molecule has 2 aromatic rings.